The minimum absolute atomic E-state index is 0.0684. The van der Waals surface area contributed by atoms with Gasteiger partial charge in [0.2, 0.25) is 5.88 Å². The number of rotatable bonds is 3. The van der Waals surface area contributed by atoms with E-state index in [4.69, 9.17) is 4.74 Å². The van der Waals surface area contributed by atoms with E-state index in [1.54, 1.807) is 7.11 Å². The van der Waals surface area contributed by atoms with Crippen molar-refractivity contribution < 1.29 is 9.53 Å². The van der Waals surface area contributed by atoms with Crippen LogP contribution < -0.4 is 4.74 Å². The summed E-state index contributed by atoms with van der Waals surface area (Å²) in [7, 11) is 1.56. The van der Waals surface area contributed by atoms with Crippen LogP contribution in [0.4, 0.5) is 0 Å². The van der Waals surface area contributed by atoms with E-state index in [2.05, 4.69) is 34.2 Å². The minimum atomic E-state index is 0.0684. The van der Waals surface area contributed by atoms with Crippen molar-refractivity contribution in [2.24, 2.45) is 5.92 Å². The maximum absolute atomic E-state index is 12.5. The summed E-state index contributed by atoms with van der Waals surface area (Å²) in [6, 6.07) is 0.345. The van der Waals surface area contributed by atoms with Crippen LogP contribution >= 0.6 is 27.5 Å². The highest BCUT2D eigenvalue weighted by Gasteiger charge is 2.35. The van der Waals surface area contributed by atoms with Crippen molar-refractivity contribution in [2.45, 2.75) is 32.7 Å². The molecule has 100 valence electrons. The first-order valence-electron chi connectivity index (χ1n) is 6.10. The van der Waals surface area contributed by atoms with E-state index < -0.39 is 0 Å². The standard InChI is InChI=1S/C12H17BrN2O2S/c1-4-8-7(2)5-6-15(8)12(16)10-9(13)11(17-3)14-18-10/h7-8H,4-6H2,1-3H3. The molecule has 2 heterocycles. The van der Waals surface area contributed by atoms with E-state index in [1.165, 1.54) is 11.5 Å². The van der Waals surface area contributed by atoms with Gasteiger partial charge in [0, 0.05) is 12.6 Å². The zero-order valence-electron chi connectivity index (χ0n) is 10.8. The first kappa shape index (κ1) is 13.8. The summed E-state index contributed by atoms with van der Waals surface area (Å²) in [5.74, 6) is 1.13. The maximum atomic E-state index is 12.5. The lowest BCUT2D eigenvalue weighted by Gasteiger charge is -2.25. The number of likely N-dealkylation sites (tertiary alicyclic amines) is 1. The zero-order chi connectivity index (χ0) is 13.3. The Morgan fingerprint density at radius 2 is 2.39 bits per heavy atom. The second kappa shape index (κ2) is 5.57. The molecule has 2 rings (SSSR count). The average Bonchev–Trinajstić information content (AvgIpc) is 2.91. The number of aromatic nitrogens is 1. The number of halogens is 1. The number of ether oxygens (including phenoxy) is 1. The van der Waals surface area contributed by atoms with Gasteiger partial charge in [-0.25, -0.2) is 0 Å². The maximum Gasteiger partial charge on any atom is 0.267 e. The van der Waals surface area contributed by atoms with E-state index in [0.717, 1.165) is 19.4 Å². The summed E-state index contributed by atoms with van der Waals surface area (Å²) in [5.41, 5.74) is 0. The number of methoxy groups -OCH3 is 1. The summed E-state index contributed by atoms with van der Waals surface area (Å²) in [4.78, 5) is 15.1. The third-order valence-electron chi connectivity index (χ3n) is 3.56. The Morgan fingerprint density at radius 3 is 2.94 bits per heavy atom. The van der Waals surface area contributed by atoms with Crippen molar-refractivity contribution in [2.75, 3.05) is 13.7 Å². The molecule has 1 aliphatic rings. The second-order valence-electron chi connectivity index (χ2n) is 4.58. The molecule has 1 saturated heterocycles. The number of carbonyl (C=O) groups excluding carboxylic acids is 1. The largest absolute Gasteiger partial charge is 0.480 e. The number of hydrogen-bond acceptors (Lipinski definition) is 4. The predicted octanol–water partition coefficient (Wildman–Crippen LogP) is 3.17. The van der Waals surface area contributed by atoms with Crippen LogP contribution in [0.25, 0.3) is 0 Å². The second-order valence-corrected chi connectivity index (χ2v) is 6.14. The molecule has 1 fully saturated rings. The molecule has 0 spiro atoms. The van der Waals surface area contributed by atoms with Crippen molar-refractivity contribution in [3.63, 3.8) is 0 Å². The SMILES string of the molecule is CCC1C(C)CCN1C(=O)c1snc(OC)c1Br. The van der Waals surface area contributed by atoms with Crippen LogP contribution in [0.5, 0.6) is 5.88 Å². The molecular formula is C12H17BrN2O2S. The molecule has 2 unspecified atom stereocenters. The third-order valence-corrected chi connectivity index (χ3v) is 5.37. The van der Waals surface area contributed by atoms with Crippen LogP contribution in [-0.4, -0.2) is 34.9 Å². The van der Waals surface area contributed by atoms with E-state index >= 15 is 0 Å². The summed E-state index contributed by atoms with van der Waals surface area (Å²) >= 11 is 4.59. The topological polar surface area (TPSA) is 42.4 Å². The Morgan fingerprint density at radius 1 is 1.67 bits per heavy atom. The van der Waals surface area contributed by atoms with Crippen LogP contribution in [0.2, 0.25) is 0 Å². The molecular weight excluding hydrogens is 316 g/mol. The molecule has 0 aromatic carbocycles. The lowest BCUT2D eigenvalue weighted by molar-refractivity contribution is 0.0722. The highest BCUT2D eigenvalue weighted by molar-refractivity contribution is 9.10. The fourth-order valence-corrected chi connectivity index (χ4v) is 4.00. The third kappa shape index (κ3) is 2.28. The van der Waals surface area contributed by atoms with Gasteiger partial charge in [-0.15, -0.1) is 0 Å². The molecule has 2 atom stereocenters. The molecule has 0 N–H and O–H groups in total. The van der Waals surface area contributed by atoms with E-state index in [9.17, 15) is 4.79 Å². The van der Waals surface area contributed by atoms with Crippen molar-refractivity contribution in [1.82, 2.24) is 9.27 Å². The molecule has 6 heteroatoms. The van der Waals surface area contributed by atoms with Gasteiger partial charge in [-0.3, -0.25) is 4.79 Å². The van der Waals surface area contributed by atoms with Crippen LogP contribution in [0, 0.1) is 5.92 Å². The molecule has 0 radical (unpaired) electrons. The van der Waals surface area contributed by atoms with Crippen LogP contribution in [-0.2, 0) is 0 Å². The van der Waals surface area contributed by atoms with Crippen molar-refractivity contribution in [3.8, 4) is 5.88 Å². The zero-order valence-corrected chi connectivity index (χ0v) is 13.2. The Balaban J connectivity index is 2.23. The molecule has 1 amide bonds. The van der Waals surface area contributed by atoms with Gasteiger partial charge in [0.1, 0.15) is 9.35 Å². The Bertz CT molecular complexity index is 449. The highest BCUT2D eigenvalue weighted by Crippen LogP contribution is 2.35. The predicted molar refractivity (Wildman–Crippen MR) is 75.3 cm³/mol. The lowest BCUT2D eigenvalue weighted by atomic mass is 10.0. The molecule has 18 heavy (non-hydrogen) atoms. The molecule has 0 aliphatic carbocycles. The molecule has 1 aromatic heterocycles. The quantitative estimate of drug-likeness (QED) is 0.853. The van der Waals surface area contributed by atoms with Gasteiger partial charge < -0.3 is 9.64 Å². The van der Waals surface area contributed by atoms with E-state index in [0.29, 0.717) is 27.2 Å². The average molecular weight is 333 g/mol. The lowest BCUT2D eigenvalue weighted by Crippen LogP contribution is -2.36. The Kier molecular flexibility index (Phi) is 4.27. The normalized spacial score (nSPS) is 23.4. The Labute approximate surface area is 120 Å². The van der Waals surface area contributed by atoms with Crippen LogP contribution in [0.15, 0.2) is 4.47 Å². The van der Waals surface area contributed by atoms with Gasteiger partial charge in [0.25, 0.3) is 5.91 Å². The van der Waals surface area contributed by atoms with Crippen molar-refractivity contribution >= 4 is 33.4 Å². The van der Waals surface area contributed by atoms with Gasteiger partial charge in [0.15, 0.2) is 0 Å². The monoisotopic (exact) mass is 332 g/mol. The number of carbonyl (C=O) groups is 1. The van der Waals surface area contributed by atoms with E-state index in [-0.39, 0.29) is 5.91 Å². The first-order valence-corrected chi connectivity index (χ1v) is 7.66. The number of hydrogen-bond donors (Lipinski definition) is 0. The summed E-state index contributed by atoms with van der Waals surface area (Å²) < 4.78 is 9.89. The van der Waals surface area contributed by atoms with E-state index in [1.807, 2.05) is 4.90 Å². The van der Waals surface area contributed by atoms with Gasteiger partial charge in [-0.1, -0.05) is 13.8 Å². The van der Waals surface area contributed by atoms with Crippen molar-refractivity contribution in [1.29, 1.82) is 0 Å². The fraction of sp³-hybridized carbons (Fsp3) is 0.667. The highest BCUT2D eigenvalue weighted by atomic mass is 79.9. The number of nitrogens with zero attached hydrogens (tertiary/aromatic N) is 2. The van der Waals surface area contributed by atoms with Gasteiger partial charge >= 0.3 is 0 Å². The smallest absolute Gasteiger partial charge is 0.267 e. The van der Waals surface area contributed by atoms with Gasteiger partial charge in [-0.2, -0.15) is 4.37 Å². The van der Waals surface area contributed by atoms with Gasteiger partial charge in [0.05, 0.1) is 7.11 Å². The van der Waals surface area contributed by atoms with Gasteiger partial charge in [-0.05, 0) is 46.2 Å². The fourth-order valence-electron chi connectivity index (χ4n) is 2.54. The van der Waals surface area contributed by atoms with Crippen LogP contribution in [0.3, 0.4) is 0 Å². The molecule has 0 bridgehead atoms. The van der Waals surface area contributed by atoms with Crippen molar-refractivity contribution in [3.05, 3.63) is 9.35 Å². The summed E-state index contributed by atoms with van der Waals surface area (Å²) in [6.45, 7) is 5.18. The summed E-state index contributed by atoms with van der Waals surface area (Å²) in [6.07, 6.45) is 2.08. The summed E-state index contributed by atoms with van der Waals surface area (Å²) in [5, 5.41) is 0. The minimum Gasteiger partial charge on any atom is -0.480 e. The molecule has 4 nitrogen and oxygen atoms in total. The number of amides is 1. The Hall–Kier alpha value is -0.620. The molecule has 1 aromatic rings. The van der Waals surface area contributed by atoms with Crippen LogP contribution in [0.1, 0.15) is 36.4 Å². The molecule has 0 saturated carbocycles. The first-order chi connectivity index (χ1) is 8.60. The molecule has 1 aliphatic heterocycles.